The number of fused-ring (bicyclic) bond motifs is 3. The van der Waals surface area contributed by atoms with E-state index in [0.717, 1.165) is 23.9 Å². The predicted molar refractivity (Wildman–Crippen MR) is 76.0 cm³/mol. The first-order chi connectivity index (χ1) is 8.48. The topological polar surface area (TPSA) is 26.9 Å². The Labute approximate surface area is 108 Å². The largest absolute Gasteiger partial charge is 0.344 e. The van der Waals surface area contributed by atoms with Crippen LogP contribution in [0.25, 0.3) is 10.9 Å². The van der Waals surface area contributed by atoms with Crippen LogP contribution in [0.15, 0.2) is 23.1 Å². The molecular formula is C15H22N2O. The van der Waals surface area contributed by atoms with E-state index >= 15 is 0 Å². The summed E-state index contributed by atoms with van der Waals surface area (Å²) in [4.78, 5) is 11.9. The first-order valence-corrected chi connectivity index (χ1v) is 6.66. The molecule has 18 heavy (non-hydrogen) atoms. The van der Waals surface area contributed by atoms with Gasteiger partial charge in [-0.05, 0) is 24.0 Å². The minimum atomic E-state index is 0.109. The van der Waals surface area contributed by atoms with Crippen molar-refractivity contribution < 1.29 is 0 Å². The second-order valence-electron chi connectivity index (χ2n) is 5.59. The third kappa shape index (κ3) is 1.88. The van der Waals surface area contributed by atoms with Gasteiger partial charge in [0.2, 0.25) is 0 Å². The van der Waals surface area contributed by atoms with Gasteiger partial charge in [-0.1, -0.05) is 27.7 Å². The van der Waals surface area contributed by atoms with Gasteiger partial charge in [0.1, 0.15) is 0 Å². The summed E-state index contributed by atoms with van der Waals surface area (Å²) in [5.74, 6) is 0. The van der Waals surface area contributed by atoms with E-state index in [4.69, 9.17) is 0 Å². The highest BCUT2D eigenvalue weighted by Crippen LogP contribution is 2.35. The molecule has 0 spiro atoms. The maximum absolute atomic E-state index is 11.9. The Balaban J connectivity index is 0.000000574. The van der Waals surface area contributed by atoms with Crippen molar-refractivity contribution >= 4 is 10.9 Å². The van der Waals surface area contributed by atoms with Crippen molar-refractivity contribution in [2.45, 2.75) is 40.7 Å². The van der Waals surface area contributed by atoms with Crippen LogP contribution in [0.3, 0.4) is 0 Å². The first kappa shape index (κ1) is 12.9. The molecule has 98 valence electrons. The van der Waals surface area contributed by atoms with Crippen LogP contribution in [-0.2, 0) is 20.0 Å². The molecule has 3 heteroatoms. The Morgan fingerprint density at radius 1 is 1.28 bits per heavy atom. The van der Waals surface area contributed by atoms with E-state index in [1.54, 1.807) is 11.6 Å². The lowest BCUT2D eigenvalue weighted by molar-refractivity contribution is 0.362. The van der Waals surface area contributed by atoms with Crippen molar-refractivity contribution in [2.75, 3.05) is 0 Å². The monoisotopic (exact) mass is 246 g/mol. The number of nitrogens with zero attached hydrogens (tertiary/aromatic N) is 2. The Hall–Kier alpha value is -1.51. The molecule has 0 aliphatic carbocycles. The van der Waals surface area contributed by atoms with E-state index in [0.29, 0.717) is 5.41 Å². The molecule has 1 aliphatic heterocycles. The molecule has 0 unspecified atom stereocenters. The van der Waals surface area contributed by atoms with Crippen LogP contribution in [0.1, 0.15) is 33.4 Å². The summed E-state index contributed by atoms with van der Waals surface area (Å²) >= 11 is 0. The van der Waals surface area contributed by atoms with Gasteiger partial charge in [-0.2, -0.15) is 0 Å². The van der Waals surface area contributed by atoms with Crippen LogP contribution < -0.4 is 5.56 Å². The molecule has 0 fully saturated rings. The summed E-state index contributed by atoms with van der Waals surface area (Å²) in [6, 6.07) is 4.11. The molecule has 3 rings (SSSR count). The molecule has 0 N–H and O–H groups in total. The highest BCUT2D eigenvalue weighted by Gasteiger charge is 2.30. The fourth-order valence-electron chi connectivity index (χ4n) is 2.72. The molecule has 0 saturated heterocycles. The molecule has 0 atom stereocenters. The Kier molecular flexibility index (Phi) is 3.09. The fourth-order valence-corrected chi connectivity index (χ4v) is 2.72. The summed E-state index contributed by atoms with van der Waals surface area (Å²) in [5.41, 5.74) is 2.81. The summed E-state index contributed by atoms with van der Waals surface area (Å²) in [6.07, 6.45) is 2.91. The maximum Gasteiger partial charge on any atom is 0.259 e. The number of hydrogen-bond donors (Lipinski definition) is 0. The van der Waals surface area contributed by atoms with Gasteiger partial charge in [-0.25, -0.2) is 0 Å². The van der Waals surface area contributed by atoms with Crippen LogP contribution in [0.5, 0.6) is 0 Å². The third-order valence-corrected chi connectivity index (χ3v) is 3.48. The number of aryl methyl sites for hydroxylation is 1. The summed E-state index contributed by atoms with van der Waals surface area (Å²) in [5, 5.41) is 0.857. The molecule has 3 nitrogen and oxygen atoms in total. The van der Waals surface area contributed by atoms with E-state index in [1.165, 1.54) is 5.69 Å². The molecule has 0 aromatic carbocycles. The normalized spacial score (nSPS) is 16.3. The van der Waals surface area contributed by atoms with Crippen molar-refractivity contribution in [3.05, 3.63) is 34.4 Å². The van der Waals surface area contributed by atoms with Crippen LogP contribution in [0, 0.1) is 5.41 Å². The van der Waals surface area contributed by atoms with Crippen LogP contribution >= 0.6 is 0 Å². The zero-order chi connectivity index (χ0) is 13.5. The van der Waals surface area contributed by atoms with Gasteiger partial charge in [0.05, 0.1) is 10.9 Å². The van der Waals surface area contributed by atoms with Crippen LogP contribution in [-0.4, -0.2) is 9.13 Å². The lowest BCUT2D eigenvalue weighted by atomic mass is 9.91. The van der Waals surface area contributed by atoms with E-state index in [-0.39, 0.29) is 5.56 Å². The number of aromatic nitrogens is 2. The Morgan fingerprint density at radius 2 is 1.94 bits per heavy atom. The van der Waals surface area contributed by atoms with Gasteiger partial charge < -0.3 is 9.13 Å². The molecule has 1 aliphatic rings. The van der Waals surface area contributed by atoms with Crippen LogP contribution in [0.2, 0.25) is 0 Å². The smallest absolute Gasteiger partial charge is 0.259 e. The summed E-state index contributed by atoms with van der Waals surface area (Å²) in [7, 11) is 1.80. The minimum absolute atomic E-state index is 0.109. The van der Waals surface area contributed by atoms with Crippen molar-refractivity contribution in [1.82, 2.24) is 9.13 Å². The number of hydrogen-bond acceptors (Lipinski definition) is 1. The highest BCUT2D eigenvalue weighted by atomic mass is 16.1. The molecule has 0 bridgehead atoms. The number of rotatable bonds is 0. The second kappa shape index (κ2) is 4.30. The van der Waals surface area contributed by atoms with Crippen molar-refractivity contribution in [3.63, 3.8) is 0 Å². The zero-order valence-electron chi connectivity index (χ0n) is 11.9. The molecular weight excluding hydrogens is 224 g/mol. The Bertz CT molecular complexity index is 632. The number of pyridine rings is 1. The van der Waals surface area contributed by atoms with Crippen molar-refractivity contribution in [2.24, 2.45) is 12.5 Å². The lowest BCUT2D eigenvalue weighted by Crippen LogP contribution is -2.17. The van der Waals surface area contributed by atoms with Gasteiger partial charge in [-0.3, -0.25) is 4.79 Å². The predicted octanol–water partition coefficient (Wildman–Crippen LogP) is 2.95. The summed E-state index contributed by atoms with van der Waals surface area (Å²) in [6.45, 7) is 9.55. The van der Waals surface area contributed by atoms with Crippen molar-refractivity contribution in [1.29, 1.82) is 0 Å². The Morgan fingerprint density at radius 3 is 2.61 bits per heavy atom. The van der Waals surface area contributed by atoms with Crippen molar-refractivity contribution in [3.8, 4) is 0 Å². The standard InChI is InChI=1S/C13H16N2O.C2H6/c1-13(2)7-9-6-10-11(15(9)8-13)4-5-14(3)12(10)16;1-2/h4-6H,7-8H2,1-3H3;1-2H3. The average Bonchev–Trinajstić information content (AvgIpc) is 2.79. The van der Waals surface area contributed by atoms with E-state index in [9.17, 15) is 4.79 Å². The second-order valence-corrected chi connectivity index (χ2v) is 5.59. The van der Waals surface area contributed by atoms with Gasteiger partial charge in [0.25, 0.3) is 5.56 Å². The van der Waals surface area contributed by atoms with Gasteiger partial charge in [0, 0.05) is 25.5 Å². The van der Waals surface area contributed by atoms with E-state index < -0.39 is 0 Å². The fraction of sp³-hybridized carbons (Fsp3) is 0.533. The molecule has 0 amide bonds. The molecule has 0 radical (unpaired) electrons. The van der Waals surface area contributed by atoms with Gasteiger partial charge in [-0.15, -0.1) is 0 Å². The van der Waals surface area contributed by atoms with Gasteiger partial charge in [0.15, 0.2) is 0 Å². The minimum Gasteiger partial charge on any atom is -0.344 e. The average molecular weight is 246 g/mol. The first-order valence-electron chi connectivity index (χ1n) is 6.66. The molecule has 0 saturated carbocycles. The maximum atomic E-state index is 11.9. The van der Waals surface area contributed by atoms with Crippen LogP contribution in [0.4, 0.5) is 0 Å². The quantitative estimate of drug-likeness (QED) is 0.702. The molecule has 2 aromatic rings. The summed E-state index contributed by atoms with van der Waals surface area (Å²) < 4.78 is 3.93. The zero-order valence-corrected chi connectivity index (χ0v) is 11.9. The highest BCUT2D eigenvalue weighted by molar-refractivity contribution is 5.80. The van der Waals surface area contributed by atoms with E-state index in [1.807, 2.05) is 26.1 Å². The third-order valence-electron chi connectivity index (χ3n) is 3.48. The van der Waals surface area contributed by atoms with E-state index in [2.05, 4.69) is 24.5 Å². The molecule has 2 aromatic heterocycles. The SMILES string of the molecule is CC.Cn1ccc2c(cc3n2CC(C)(C)C3)c1=O. The molecule has 3 heterocycles. The van der Waals surface area contributed by atoms with Gasteiger partial charge >= 0.3 is 0 Å². The lowest BCUT2D eigenvalue weighted by Gasteiger charge is -2.15.